The third-order valence-electron chi connectivity index (χ3n) is 4.50. The minimum Gasteiger partial charge on any atom is -0.489 e. The number of guanidine groups is 1. The Morgan fingerprint density at radius 2 is 2.18 bits per heavy atom. The third kappa shape index (κ3) is 6.46. The molecule has 1 aliphatic rings. The predicted molar refractivity (Wildman–Crippen MR) is 111 cm³/mol. The first-order chi connectivity index (χ1) is 13.8. The Kier molecular flexibility index (Phi) is 8.00. The maximum Gasteiger partial charge on any atom is 0.191 e. The lowest BCUT2D eigenvalue weighted by atomic mass is 10.2. The molecule has 3 rings (SSSR count). The number of para-hydroxylation sites is 1. The first kappa shape index (κ1) is 20.0. The number of hydrogen-bond donors (Lipinski definition) is 2. The summed E-state index contributed by atoms with van der Waals surface area (Å²) < 4.78 is 16.8. The molecular formula is C22H29N3O3. The van der Waals surface area contributed by atoms with Crippen LogP contribution >= 0.6 is 0 Å². The van der Waals surface area contributed by atoms with Crippen molar-refractivity contribution in [2.75, 3.05) is 26.3 Å². The zero-order valence-electron chi connectivity index (χ0n) is 16.2. The highest BCUT2D eigenvalue weighted by molar-refractivity contribution is 5.79. The molecule has 0 saturated carbocycles. The highest BCUT2D eigenvalue weighted by Crippen LogP contribution is 2.19. The molecule has 0 spiro atoms. The Morgan fingerprint density at radius 3 is 2.96 bits per heavy atom. The van der Waals surface area contributed by atoms with Crippen LogP contribution < -0.4 is 15.4 Å². The number of benzene rings is 1. The van der Waals surface area contributed by atoms with Crippen LogP contribution in [0.1, 0.15) is 24.2 Å². The molecule has 1 atom stereocenters. The van der Waals surface area contributed by atoms with Gasteiger partial charge in [-0.15, -0.1) is 0 Å². The van der Waals surface area contributed by atoms with Gasteiger partial charge in [0.2, 0.25) is 0 Å². The average Bonchev–Trinajstić information content (AvgIpc) is 3.42. The Balaban J connectivity index is 1.59. The Labute approximate surface area is 166 Å². The summed E-state index contributed by atoms with van der Waals surface area (Å²) in [5, 5.41) is 6.78. The van der Waals surface area contributed by atoms with Crippen molar-refractivity contribution < 1.29 is 13.9 Å². The van der Waals surface area contributed by atoms with E-state index in [9.17, 15) is 0 Å². The van der Waals surface area contributed by atoms with Gasteiger partial charge in [-0.3, -0.25) is 0 Å². The smallest absolute Gasteiger partial charge is 0.191 e. The van der Waals surface area contributed by atoms with E-state index in [4.69, 9.17) is 18.9 Å². The summed E-state index contributed by atoms with van der Waals surface area (Å²) in [6, 6.07) is 11.8. The van der Waals surface area contributed by atoms with Gasteiger partial charge in [-0.25, -0.2) is 4.99 Å². The second kappa shape index (κ2) is 11.2. The van der Waals surface area contributed by atoms with Crippen LogP contribution in [0.2, 0.25) is 0 Å². The molecule has 1 fully saturated rings. The molecule has 1 unspecified atom stereocenters. The molecule has 0 aliphatic carbocycles. The Bertz CT molecular complexity index is 737. The zero-order chi connectivity index (χ0) is 19.4. The minimum atomic E-state index is 0.250. The van der Waals surface area contributed by atoms with Gasteiger partial charge < -0.3 is 24.5 Å². The first-order valence-corrected chi connectivity index (χ1v) is 9.83. The van der Waals surface area contributed by atoms with Crippen LogP contribution in [0.3, 0.4) is 0 Å². The Hall–Kier alpha value is -2.73. The lowest BCUT2D eigenvalue weighted by molar-refractivity contribution is 0.114. The van der Waals surface area contributed by atoms with E-state index in [-0.39, 0.29) is 6.10 Å². The Morgan fingerprint density at radius 1 is 1.25 bits per heavy atom. The van der Waals surface area contributed by atoms with Gasteiger partial charge in [-0.1, -0.05) is 30.9 Å². The lowest BCUT2D eigenvalue weighted by Gasteiger charge is -2.16. The molecule has 1 aromatic carbocycles. The van der Waals surface area contributed by atoms with Gasteiger partial charge in [-0.2, -0.15) is 0 Å². The molecule has 1 saturated heterocycles. The van der Waals surface area contributed by atoms with Crippen molar-refractivity contribution in [3.63, 3.8) is 0 Å². The summed E-state index contributed by atoms with van der Waals surface area (Å²) in [4.78, 5) is 4.74. The van der Waals surface area contributed by atoms with Gasteiger partial charge in [0, 0.05) is 31.7 Å². The third-order valence-corrected chi connectivity index (χ3v) is 4.50. The van der Waals surface area contributed by atoms with Crippen LogP contribution in [0.4, 0.5) is 0 Å². The van der Waals surface area contributed by atoms with Crippen LogP contribution in [0.25, 0.3) is 0 Å². The van der Waals surface area contributed by atoms with Gasteiger partial charge in [0.05, 0.1) is 18.9 Å². The second-order valence-electron chi connectivity index (χ2n) is 6.64. The molecule has 0 radical (unpaired) electrons. The maximum atomic E-state index is 5.73. The van der Waals surface area contributed by atoms with Gasteiger partial charge in [0.1, 0.15) is 18.1 Å². The fraction of sp³-hybridized carbons (Fsp3) is 0.409. The van der Waals surface area contributed by atoms with Crippen LogP contribution in [-0.2, 0) is 17.7 Å². The second-order valence-corrected chi connectivity index (χ2v) is 6.64. The van der Waals surface area contributed by atoms with Crippen molar-refractivity contribution in [2.24, 2.45) is 4.99 Å². The number of rotatable bonds is 10. The van der Waals surface area contributed by atoms with Crippen LogP contribution in [0, 0.1) is 0 Å². The van der Waals surface area contributed by atoms with E-state index >= 15 is 0 Å². The summed E-state index contributed by atoms with van der Waals surface area (Å²) in [6.07, 6.45) is 6.70. The number of aliphatic imine (C=N–C) groups is 1. The summed E-state index contributed by atoms with van der Waals surface area (Å²) in [7, 11) is 0. The normalized spacial score (nSPS) is 16.7. The van der Waals surface area contributed by atoms with Crippen LogP contribution in [0.15, 0.2) is 64.7 Å². The van der Waals surface area contributed by atoms with E-state index < -0.39 is 0 Å². The van der Waals surface area contributed by atoms with Gasteiger partial charge in [-0.05, 0) is 31.0 Å². The highest BCUT2D eigenvalue weighted by atomic mass is 16.5. The molecule has 150 valence electrons. The van der Waals surface area contributed by atoms with E-state index in [2.05, 4.69) is 17.2 Å². The van der Waals surface area contributed by atoms with E-state index in [0.717, 1.165) is 62.0 Å². The number of nitrogens with zero attached hydrogens (tertiary/aromatic N) is 1. The summed E-state index contributed by atoms with van der Waals surface area (Å²) in [5.41, 5.74) is 1.04. The molecule has 28 heavy (non-hydrogen) atoms. The van der Waals surface area contributed by atoms with E-state index in [1.54, 1.807) is 12.3 Å². The highest BCUT2D eigenvalue weighted by Gasteiger charge is 2.15. The molecule has 0 bridgehead atoms. The standard InChI is InChI=1S/C22H29N3O3/c1-2-13-28-21-10-4-3-7-18(21)16-24-22(25-17-20-9-6-15-27-20)23-12-11-19-8-5-14-26-19/h2-5,7-8,10,14,20H,1,6,9,11-13,15-17H2,(H2,23,24,25). The molecule has 1 aliphatic heterocycles. The van der Waals surface area contributed by atoms with Gasteiger partial charge in [0.25, 0.3) is 0 Å². The van der Waals surface area contributed by atoms with E-state index in [1.807, 2.05) is 36.4 Å². The van der Waals surface area contributed by atoms with E-state index in [1.165, 1.54) is 0 Å². The molecular weight excluding hydrogens is 354 g/mol. The van der Waals surface area contributed by atoms with Crippen molar-refractivity contribution >= 4 is 5.96 Å². The maximum absolute atomic E-state index is 5.73. The minimum absolute atomic E-state index is 0.250. The fourth-order valence-corrected chi connectivity index (χ4v) is 3.04. The number of ether oxygens (including phenoxy) is 2. The van der Waals surface area contributed by atoms with E-state index in [0.29, 0.717) is 13.2 Å². The largest absolute Gasteiger partial charge is 0.489 e. The van der Waals surface area contributed by atoms with Crippen molar-refractivity contribution in [3.05, 3.63) is 66.6 Å². The summed E-state index contributed by atoms with van der Waals surface area (Å²) in [6.45, 7) is 7.04. The topological polar surface area (TPSA) is 68.0 Å². The predicted octanol–water partition coefficient (Wildman–Crippen LogP) is 3.30. The molecule has 6 nitrogen and oxygen atoms in total. The van der Waals surface area contributed by atoms with Crippen molar-refractivity contribution in [1.29, 1.82) is 0 Å². The molecule has 2 N–H and O–H groups in total. The van der Waals surface area contributed by atoms with Crippen LogP contribution in [0.5, 0.6) is 5.75 Å². The fourth-order valence-electron chi connectivity index (χ4n) is 3.04. The SMILES string of the molecule is C=CCOc1ccccc1CN=C(NCCc1ccco1)NCC1CCCO1. The lowest BCUT2D eigenvalue weighted by Crippen LogP contribution is -2.41. The molecule has 1 aromatic heterocycles. The van der Waals surface area contributed by atoms with Crippen molar-refractivity contribution in [3.8, 4) is 5.75 Å². The molecule has 6 heteroatoms. The molecule has 0 amide bonds. The summed E-state index contributed by atoms with van der Waals surface area (Å²) >= 11 is 0. The molecule has 2 heterocycles. The van der Waals surface area contributed by atoms with Crippen LogP contribution in [-0.4, -0.2) is 38.4 Å². The zero-order valence-corrected chi connectivity index (χ0v) is 16.2. The average molecular weight is 383 g/mol. The quantitative estimate of drug-likeness (QED) is 0.374. The monoisotopic (exact) mass is 383 g/mol. The number of nitrogens with one attached hydrogen (secondary N) is 2. The number of furan rings is 1. The summed E-state index contributed by atoms with van der Waals surface area (Å²) in [5.74, 6) is 2.55. The van der Waals surface area contributed by atoms with Crippen molar-refractivity contribution in [2.45, 2.75) is 31.9 Å². The molecule has 2 aromatic rings. The first-order valence-electron chi connectivity index (χ1n) is 9.83. The number of hydrogen-bond acceptors (Lipinski definition) is 4. The van der Waals surface area contributed by atoms with Gasteiger partial charge >= 0.3 is 0 Å². The van der Waals surface area contributed by atoms with Crippen molar-refractivity contribution in [1.82, 2.24) is 10.6 Å². The van der Waals surface area contributed by atoms with Gasteiger partial charge in [0.15, 0.2) is 5.96 Å².